The molecule has 1 aromatic carbocycles. The molecule has 2 heterocycles. The molecule has 1 amide bonds. The highest BCUT2D eigenvalue weighted by atomic mass is 35.5. The van der Waals surface area contributed by atoms with Gasteiger partial charge in [0, 0.05) is 30.7 Å². The number of carbonyl (C=O) groups is 1. The minimum absolute atomic E-state index is 0.0363. The van der Waals surface area contributed by atoms with Crippen molar-refractivity contribution in [1.29, 1.82) is 0 Å². The van der Waals surface area contributed by atoms with E-state index < -0.39 is 0 Å². The number of halogens is 1. The molecule has 1 saturated heterocycles. The van der Waals surface area contributed by atoms with Crippen LogP contribution in [0.2, 0.25) is 5.02 Å². The van der Waals surface area contributed by atoms with Crippen molar-refractivity contribution in [3.8, 4) is 5.75 Å². The summed E-state index contributed by atoms with van der Waals surface area (Å²) in [6, 6.07) is 9.42. The lowest BCUT2D eigenvalue weighted by molar-refractivity contribution is -0.119. The molecule has 0 spiro atoms. The number of nitrogens with zero attached hydrogens (tertiary/aromatic N) is 2. The van der Waals surface area contributed by atoms with Gasteiger partial charge in [-0.25, -0.2) is 4.99 Å². The zero-order chi connectivity index (χ0) is 21.3. The van der Waals surface area contributed by atoms with Gasteiger partial charge in [0.05, 0.1) is 25.6 Å². The van der Waals surface area contributed by atoms with Crippen LogP contribution in [-0.4, -0.2) is 51.2 Å². The minimum atomic E-state index is -0.166. The highest BCUT2D eigenvalue weighted by Gasteiger charge is 2.25. The first-order chi connectivity index (χ1) is 14.6. The van der Waals surface area contributed by atoms with E-state index in [1.165, 1.54) is 0 Å². The molecular weight excluding hydrogens is 406 g/mol. The summed E-state index contributed by atoms with van der Waals surface area (Å²) in [4.78, 5) is 18.7. The second kappa shape index (κ2) is 10.8. The molecule has 1 unspecified atom stereocenters. The number of furan rings is 1. The topological polar surface area (TPSA) is 91.1 Å². The van der Waals surface area contributed by atoms with Gasteiger partial charge in [0.2, 0.25) is 5.91 Å². The van der Waals surface area contributed by atoms with Gasteiger partial charge in [-0.05, 0) is 43.7 Å². The van der Waals surface area contributed by atoms with Crippen LogP contribution in [-0.2, 0) is 11.3 Å². The number of nitrogens with one attached hydrogen (secondary N) is 3. The Bertz CT molecular complexity index is 856. The predicted molar refractivity (Wildman–Crippen MR) is 118 cm³/mol. The molecule has 1 fully saturated rings. The number of aliphatic imine (C=N–C) groups is 1. The summed E-state index contributed by atoms with van der Waals surface area (Å²) >= 11 is 6.17. The van der Waals surface area contributed by atoms with Crippen LogP contribution in [0, 0.1) is 0 Å². The van der Waals surface area contributed by atoms with E-state index in [0.29, 0.717) is 29.8 Å². The number of rotatable bonds is 8. The van der Waals surface area contributed by atoms with E-state index in [2.05, 4.69) is 25.8 Å². The van der Waals surface area contributed by atoms with Gasteiger partial charge in [0.15, 0.2) is 5.96 Å². The van der Waals surface area contributed by atoms with Gasteiger partial charge < -0.3 is 30.0 Å². The van der Waals surface area contributed by atoms with Crippen molar-refractivity contribution in [3.05, 3.63) is 47.4 Å². The summed E-state index contributed by atoms with van der Waals surface area (Å²) in [5.41, 5.74) is 0.980. The van der Waals surface area contributed by atoms with E-state index >= 15 is 0 Å². The van der Waals surface area contributed by atoms with Crippen LogP contribution in [0.25, 0.3) is 0 Å². The number of methoxy groups -OCH3 is 1. The molecule has 0 radical (unpaired) electrons. The van der Waals surface area contributed by atoms with Crippen LogP contribution in [0.15, 0.2) is 46.0 Å². The van der Waals surface area contributed by atoms with Crippen molar-refractivity contribution < 1.29 is 13.9 Å². The third kappa shape index (κ3) is 6.06. The van der Waals surface area contributed by atoms with Crippen LogP contribution < -0.4 is 25.6 Å². The first kappa shape index (κ1) is 21.8. The van der Waals surface area contributed by atoms with Gasteiger partial charge in [-0.3, -0.25) is 4.79 Å². The number of benzene rings is 1. The van der Waals surface area contributed by atoms with Crippen LogP contribution in [0.3, 0.4) is 0 Å². The largest absolute Gasteiger partial charge is 0.495 e. The van der Waals surface area contributed by atoms with E-state index in [1.54, 1.807) is 19.4 Å². The fourth-order valence-corrected chi connectivity index (χ4v) is 3.49. The quantitative estimate of drug-likeness (QED) is 0.437. The van der Waals surface area contributed by atoms with Crippen LogP contribution in [0.5, 0.6) is 5.75 Å². The molecule has 8 nitrogen and oxygen atoms in total. The van der Waals surface area contributed by atoms with Crippen molar-refractivity contribution in [3.63, 3.8) is 0 Å². The highest BCUT2D eigenvalue weighted by Crippen LogP contribution is 2.33. The lowest BCUT2D eigenvalue weighted by Gasteiger charge is -2.22. The van der Waals surface area contributed by atoms with Gasteiger partial charge in [-0.15, -0.1) is 0 Å². The second-order valence-corrected chi connectivity index (χ2v) is 7.38. The Morgan fingerprint density at radius 2 is 2.23 bits per heavy atom. The number of guanidine groups is 1. The molecule has 1 aliphatic rings. The zero-order valence-electron chi connectivity index (χ0n) is 17.3. The Balaban J connectivity index is 1.54. The predicted octanol–water partition coefficient (Wildman–Crippen LogP) is 2.39. The summed E-state index contributed by atoms with van der Waals surface area (Å²) in [7, 11) is 1.66. The maximum absolute atomic E-state index is 12.1. The summed E-state index contributed by atoms with van der Waals surface area (Å²) in [6.07, 6.45) is 2.52. The summed E-state index contributed by atoms with van der Waals surface area (Å²) in [5, 5.41) is 10.1. The van der Waals surface area contributed by atoms with E-state index in [4.69, 9.17) is 20.8 Å². The number of amides is 1. The van der Waals surface area contributed by atoms with Crippen molar-refractivity contribution >= 4 is 29.2 Å². The Labute approximate surface area is 181 Å². The van der Waals surface area contributed by atoms with E-state index in [9.17, 15) is 4.79 Å². The Morgan fingerprint density at radius 1 is 1.37 bits per heavy atom. The molecule has 1 aliphatic heterocycles. The fraction of sp³-hybridized carbons (Fsp3) is 0.429. The molecule has 0 bridgehead atoms. The third-order valence-electron chi connectivity index (χ3n) is 4.78. The Hall–Kier alpha value is -2.87. The first-order valence-electron chi connectivity index (χ1n) is 10.0. The molecule has 3 rings (SSSR count). The van der Waals surface area contributed by atoms with Gasteiger partial charge in [-0.1, -0.05) is 11.6 Å². The lowest BCUT2D eigenvalue weighted by Crippen LogP contribution is -2.45. The average molecular weight is 434 g/mol. The molecular formula is C21H28ClN5O3. The van der Waals surface area contributed by atoms with Crippen LogP contribution in [0.4, 0.5) is 5.69 Å². The summed E-state index contributed by atoms with van der Waals surface area (Å²) < 4.78 is 10.7. The van der Waals surface area contributed by atoms with Gasteiger partial charge >= 0.3 is 0 Å². The van der Waals surface area contributed by atoms with Crippen molar-refractivity contribution in [2.75, 3.05) is 38.2 Å². The average Bonchev–Trinajstić information content (AvgIpc) is 3.43. The zero-order valence-corrected chi connectivity index (χ0v) is 18.0. The van der Waals surface area contributed by atoms with E-state index in [0.717, 1.165) is 30.9 Å². The highest BCUT2D eigenvalue weighted by molar-refractivity contribution is 6.30. The van der Waals surface area contributed by atoms with Gasteiger partial charge in [0.1, 0.15) is 18.1 Å². The number of ether oxygens (including phenoxy) is 1. The van der Waals surface area contributed by atoms with E-state index in [1.807, 2.05) is 31.2 Å². The summed E-state index contributed by atoms with van der Waals surface area (Å²) in [6.45, 7) is 4.74. The molecule has 2 aromatic rings. The number of anilines is 1. The SMILES string of the molecule is CCNC(=NCC(=O)NCc1ccco1)NC1CCN(c2cc(Cl)ccc2OC)C1. The van der Waals surface area contributed by atoms with Crippen molar-refractivity contribution in [2.24, 2.45) is 4.99 Å². The smallest absolute Gasteiger partial charge is 0.242 e. The van der Waals surface area contributed by atoms with Gasteiger partial charge in [0.25, 0.3) is 0 Å². The maximum atomic E-state index is 12.1. The molecule has 0 aliphatic carbocycles. The molecule has 3 N–H and O–H groups in total. The molecule has 1 aromatic heterocycles. The number of hydrogen-bond acceptors (Lipinski definition) is 5. The van der Waals surface area contributed by atoms with Crippen molar-refractivity contribution in [1.82, 2.24) is 16.0 Å². The standard InChI is InChI=1S/C21H28ClN5O3/c1-3-23-21(25-13-20(28)24-12-17-5-4-10-30-17)26-16-8-9-27(14-16)18-11-15(22)6-7-19(18)29-2/h4-7,10-11,16H,3,8-9,12-14H2,1-2H3,(H,24,28)(H2,23,25,26). The number of carbonyl (C=O) groups excluding carboxylic acids is 1. The third-order valence-corrected chi connectivity index (χ3v) is 5.01. The fourth-order valence-electron chi connectivity index (χ4n) is 3.33. The Morgan fingerprint density at radius 3 is 2.97 bits per heavy atom. The van der Waals surface area contributed by atoms with Gasteiger partial charge in [-0.2, -0.15) is 0 Å². The Kier molecular flexibility index (Phi) is 7.84. The molecule has 9 heteroatoms. The second-order valence-electron chi connectivity index (χ2n) is 6.94. The number of hydrogen-bond donors (Lipinski definition) is 3. The first-order valence-corrected chi connectivity index (χ1v) is 10.4. The molecule has 0 saturated carbocycles. The van der Waals surface area contributed by atoms with E-state index in [-0.39, 0.29) is 18.5 Å². The lowest BCUT2D eigenvalue weighted by atomic mass is 10.2. The molecule has 162 valence electrons. The molecule has 1 atom stereocenters. The van der Waals surface area contributed by atoms with Crippen molar-refractivity contribution in [2.45, 2.75) is 25.9 Å². The minimum Gasteiger partial charge on any atom is -0.495 e. The maximum Gasteiger partial charge on any atom is 0.242 e. The monoisotopic (exact) mass is 433 g/mol. The summed E-state index contributed by atoms with van der Waals surface area (Å²) in [5.74, 6) is 1.96. The molecule has 30 heavy (non-hydrogen) atoms. The van der Waals surface area contributed by atoms with Crippen LogP contribution >= 0.6 is 11.6 Å². The normalized spacial score (nSPS) is 16.4. The van der Waals surface area contributed by atoms with Crippen LogP contribution in [0.1, 0.15) is 19.1 Å².